The van der Waals surface area contributed by atoms with Crippen LogP contribution in [0.25, 0.3) is 11.3 Å². The lowest BCUT2D eigenvalue weighted by atomic mass is 10.2. The first-order valence-electron chi connectivity index (χ1n) is 8.08. The molecule has 7 nitrogen and oxygen atoms in total. The fourth-order valence-corrected chi connectivity index (χ4v) is 2.36. The molecule has 0 spiro atoms. The van der Waals surface area contributed by atoms with Gasteiger partial charge in [-0.25, -0.2) is 9.97 Å². The summed E-state index contributed by atoms with van der Waals surface area (Å²) in [7, 11) is 0. The zero-order chi connectivity index (χ0) is 18.7. The van der Waals surface area contributed by atoms with Crippen molar-refractivity contribution in [3.8, 4) is 11.3 Å². The van der Waals surface area contributed by atoms with Crippen molar-refractivity contribution in [2.45, 2.75) is 33.1 Å². The van der Waals surface area contributed by atoms with E-state index in [1.54, 1.807) is 21.8 Å². The van der Waals surface area contributed by atoms with Gasteiger partial charge in [0.25, 0.3) is 0 Å². The molecule has 0 unspecified atom stereocenters. The van der Waals surface area contributed by atoms with Crippen LogP contribution in [-0.2, 0) is 19.3 Å². The molecular weight excluding hydrogens is 347 g/mol. The van der Waals surface area contributed by atoms with E-state index in [9.17, 15) is 13.2 Å². The molecule has 0 bridgehead atoms. The number of alkyl halides is 3. The van der Waals surface area contributed by atoms with Crippen LogP contribution in [0.3, 0.4) is 0 Å². The van der Waals surface area contributed by atoms with Gasteiger partial charge in [0.15, 0.2) is 5.69 Å². The van der Waals surface area contributed by atoms with Crippen molar-refractivity contribution < 1.29 is 13.2 Å². The lowest BCUT2D eigenvalue weighted by molar-refractivity contribution is -0.141. The predicted octanol–water partition coefficient (Wildman–Crippen LogP) is 3.00. The van der Waals surface area contributed by atoms with Crippen molar-refractivity contribution in [3.63, 3.8) is 0 Å². The summed E-state index contributed by atoms with van der Waals surface area (Å²) in [6, 6.07) is 2.78. The Kier molecular flexibility index (Phi) is 4.92. The number of rotatable bonds is 6. The van der Waals surface area contributed by atoms with Crippen LogP contribution < -0.4 is 5.32 Å². The minimum Gasteiger partial charge on any atom is -0.352 e. The normalized spacial score (nSPS) is 11.7. The van der Waals surface area contributed by atoms with Gasteiger partial charge >= 0.3 is 6.18 Å². The van der Waals surface area contributed by atoms with Crippen LogP contribution in [0.4, 0.5) is 19.1 Å². The minimum atomic E-state index is -4.56. The molecule has 3 aromatic rings. The Balaban J connectivity index is 1.82. The summed E-state index contributed by atoms with van der Waals surface area (Å²) in [5.74, 6) is -0.0806. The molecule has 0 fully saturated rings. The molecule has 138 valence electrons. The average molecular weight is 365 g/mol. The first kappa shape index (κ1) is 17.9. The standard InChI is InChI=1S/C16H18F3N7/c1-3-25-10-12(9-21-25)13-8-14(16(17,18)19)23-15(22-13)20-5-7-26-6-4-11(2)24-26/h4,6,8-10H,3,5,7H2,1-2H3,(H,20,22,23). The fraction of sp³-hybridized carbons (Fsp3) is 0.375. The molecule has 26 heavy (non-hydrogen) atoms. The number of aryl methyl sites for hydroxylation is 2. The molecule has 0 aliphatic carbocycles. The highest BCUT2D eigenvalue weighted by molar-refractivity contribution is 5.59. The molecule has 3 heterocycles. The van der Waals surface area contributed by atoms with Crippen molar-refractivity contribution in [3.05, 3.63) is 42.1 Å². The summed E-state index contributed by atoms with van der Waals surface area (Å²) < 4.78 is 42.8. The van der Waals surface area contributed by atoms with Gasteiger partial charge in [0.05, 0.1) is 24.1 Å². The SMILES string of the molecule is CCn1cc(-c2cc(C(F)(F)F)nc(NCCn3ccc(C)n3)n2)cn1. The number of nitrogens with one attached hydrogen (secondary N) is 1. The number of nitrogens with zero attached hydrogens (tertiary/aromatic N) is 6. The highest BCUT2D eigenvalue weighted by Crippen LogP contribution is 2.31. The molecular formula is C16H18F3N7. The topological polar surface area (TPSA) is 73.5 Å². The van der Waals surface area contributed by atoms with Crippen molar-refractivity contribution in [2.24, 2.45) is 0 Å². The van der Waals surface area contributed by atoms with Crippen molar-refractivity contribution in [1.82, 2.24) is 29.5 Å². The van der Waals surface area contributed by atoms with Gasteiger partial charge in [-0.2, -0.15) is 23.4 Å². The van der Waals surface area contributed by atoms with E-state index in [-0.39, 0.29) is 11.6 Å². The number of hydrogen-bond acceptors (Lipinski definition) is 5. The molecule has 0 amide bonds. The van der Waals surface area contributed by atoms with Crippen LogP contribution >= 0.6 is 0 Å². The predicted molar refractivity (Wildman–Crippen MR) is 89.4 cm³/mol. The highest BCUT2D eigenvalue weighted by Gasteiger charge is 2.34. The number of aromatic nitrogens is 6. The third-order valence-corrected chi connectivity index (χ3v) is 3.67. The molecule has 0 aromatic carbocycles. The maximum absolute atomic E-state index is 13.2. The number of anilines is 1. The largest absolute Gasteiger partial charge is 0.433 e. The number of hydrogen-bond donors (Lipinski definition) is 1. The second kappa shape index (κ2) is 7.14. The van der Waals surface area contributed by atoms with E-state index in [0.717, 1.165) is 11.8 Å². The third-order valence-electron chi connectivity index (χ3n) is 3.67. The van der Waals surface area contributed by atoms with Gasteiger partial charge in [0, 0.05) is 31.0 Å². The summed E-state index contributed by atoms with van der Waals surface area (Å²) >= 11 is 0. The Bertz CT molecular complexity index is 882. The van der Waals surface area contributed by atoms with Crippen LogP contribution in [0.15, 0.2) is 30.7 Å². The Hall–Kier alpha value is -2.91. The molecule has 0 atom stereocenters. The zero-order valence-electron chi connectivity index (χ0n) is 14.3. The zero-order valence-corrected chi connectivity index (χ0v) is 14.3. The fourth-order valence-electron chi connectivity index (χ4n) is 2.36. The molecule has 0 aliphatic rings. The lowest BCUT2D eigenvalue weighted by Gasteiger charge is -2.11. The molecule has 1 N–H and O–H groups in total. The molecule has 0 saturated heterocycles. The van der Waals surface area contributed by atoms with Gasteiger partial charge < -0.3 is 5.32 Å². The summed E-state index contributed by atoms with van der Waals surface area (Å²) in [5, 5.41) is 11.1. The Labute approximate surface area is 147 Å². The monoisotopic (exact) mass is 365 g/mol. The van der Waals surface area contributed by atoms with Gasteiger partial charge in [0.2, 0.25) is 5.95 Å². The maximum atomic E-state index is 13.2. The van der Waals surface area contributed by atoms with E-state index in [0.29, 0.717) is 25.2 Å². The molecule has 0 aliphatic heterocycles. The van der Waals surface area contributed by atoms with Crippen molar-refractivity contribution in [1.29, 1.82) is 0 Å². The Morgan fingerprint density at radius 3 is 2.62 bits per heavy atom. The third kappa shape index (κ3) is 4.19. The van der Waals surface area contributed by atoms with Crippen LogP contribution in [-0.4, -0.2) is 36.1 Å². The lowest BCUT2D eigenvalue weighted by Crippen LogP contribution is -2.16. The quantitative estimate of drug-likeness (QED) is 0.727. The van der Waals surface area contributed by atoms with Gasteiger partial charge in [-0.15, -0.1) is 0 Å². The summed E-state index contributed by atoms with van der Waals surface area (Å²) in [4.78, 5) is 7.79. The van der Waals surface area contributed by atoms with E-state index in [2.05, 4.69) is 25.5 Å². The second-order valence-corrected chi connectivity index (χ2v) is 5.69. The van der Waals surface area contributed by atoms with Gasteiger partial charge in [-0.05, 0) is 26.0 Å². The maximum Gasteiger partial charge on any atom is 0.433 e. The van der Waals surface area contributed by atoms with E-state index < -0.39 is 11.9 Å². The van der Waals surface area contributed by atoms with E-state index in [1.165, 1.54) is 6.20 Å². The smallest absolute Gasteiger partial charge is 0.352 e. The van der Waals surface area contributed by atoms with E-state index in [1.807, 2.05) is 19.9 Å². The summed E-state index contributed by atoms with van der Waals surface area (Å²) in [5.41, 5.74) is 0.551. The van der Waals surface area contributed by atoms with Crippen LogP contribution in [0.2, 0.25) is 0 Å². The molecule has 3 rings (SSSR count). The van der Waals surface area contributed by atoms with E-state index >= 15 is 0 Å². The van der Waals surface area contributed by atoms with Crippen LogP contribution in [0.5, 0.6) is 0 Å². The summed E-state index contributed by atoms with van der Waals surface area (Å²) in [6.07, 6.45) is 0.379. The highest BCUT2D eigenvalue weighted by atomic mass is 19.4. The molecule has 0 saturated carbocycles. The molecule has 0 radical (unpaired) electrons. The van der Waals surface area contributed by atoms with Crippen LogP contribution in [0, 0.1) is 6.92 Å². The van der Waals surface area contributed by atoms with Gasteiger partial charge in [-0.1, -0.05) is 0 Å². The van der Waals surface area contributed by atoms with Gasteiger partial charge in [-0.3, -0.25) is 9.36 Å². The Morgan fingerprint density at radius 2 is 2.00 bits per heavy atom. The van der Waals surface area contributed by atoms with Gasteiger partial charge in [0.1, 0.15) is 0 Å². The van der Waals surface area contributed by atoms with Crippen molar-refractivity contribution in [2.75, 3.05) is 11.9 Å². The average Bonchev–Trinajstić information content (AvgIpc) is 3.23. The molecule has 10 heteroatoms. The second-order valence-electron chi connectivity index (χ2n) is 5.69. The Morgan fingerprint density at radius 1 is 1.19 bits per heavy atom. The first-order chi connectivity index (χ1) is 12.3. The first-order valence-corrected chi connectivity index (χ1v) is 8.08. The minimum absolute atomic E-state index is 0.0806. The summed E-state index contributed by atoms with van der Waals surface area (Å²) in [6.45, 7) is 5.20. The van der Waals surface area contributed by atoms with Crippen LogP contribution in [0.1, 0.15) is 18.3 Å². The van der Waals surface area contributed by atoms with E-state index in [4.69, 9.17) is 0 Å². The molecule has 3 aromatic heterocycles. The van der Waals surface area contributed by atoms with Crippen molar-refractivity contribution >= 4 is 5.95 Å². The number of halogens is 3.